The van der Waals surface area contributed by atoms with Crippen molar-refractivity contribution in [2.75, 3.05) is 6.79 Å². The lowest BCUT2D eigenvalue weighted by Crippen LogP contribution is -2.63. The van der Waals surface area contributed by atoms with Gasteiger partial charge < -0.3 is 33.7 Å². The van der Waals surface area contributed by atoms with E-state index in [1.54, 1.807) is 6.07 Å². The molecule has 1 fully saturated rings. The van der Waals surface area contributed by atoms with Crippen LogP contribution in [0, 0.1) is 0 Å². The van der Waals surface area contributed by atoms with Crippen molar-refractivity contribution in [1.82, 2.24) is 5.32 Å². The van der Waals surface area contributed by atoms with E-state index in [1.165, 1.54) is 27.7 Å². The van der Waals surface area contributed by atoms with Crippen LogP contribution in [-0.4, -0.2) is 60.9 Å². The number of carbonyl (C=O) groups is 5. The number of rotatable bonds is 4. The standard InChI is InChI=1S/C22H23NO11/c1-8(24)31-15-6-13-12-5-14-18(30-7-29-14)20(33-10(3)26)16(12)22(28)23-17(13)21(34-11(4)27)19(15)32-9(2)25/h5,13,15,17,19,21H,6-7H2,1-4H3,(H,23,28)/t13-,15-,17+,19+,21-/m0/s1. The second kappa shape index (κ2) is 8.84. The molecular formula is C22H23NO11. The first-order valence-corrected chi connectivity index (χ1v) is 10.5. The molecule has 0 bridgehead atoms. The van der Waals surface area contributed by atoms with E-state index in [0.29, 0.717) is 5.56 Å². The highest BCUT2D eigenvalue weighted by molar-refractivity contribution is 6.02. The van der Waals surface area contributed by atoms with Gasteiger partial charge in [0, 0.05) is 33.6 Å². The van der Waals surface area contributed by atoms with Gasteiger partial charge in [-0.1, -0.05) is 0 Å². The van der Waals surface area contributed by atoms with E-state index in [1.807, 2.05) is 0 Å². The van der Waals surface area contributed by atoms with Gasteiger partial charge in [-0.25, -0.2) is 0 Å². The minimum atomic E-state index is -1.16. The van der Waals surface area contributed by atoms with Crippen LogP contribution in [0.25, 0.3) is 0 Å². The molecule has 1 N–H and O–H groups in total. The highest BCUT2D eigenvalue weighted by Gasteiger charge is 2.54. The minimum Gasteiger partial charge on any atom is -0.458 e. The van der Waals surface area contributed by atoms with E-state index >= 15 is 0 Å². The average Bonchev–Trinajstić information content (AvgIpc) is 3.18. The number of benzene rings is 1. The van der Waals surface area contributed by atoms with Crippen LogP contribution in [0.5, 0.6) is 17.2 Å². The molecule has 4 rings (SSSR count). The van der Waals surface area contributed by atoms with E-state index in [-0.39, 0.29) is 36.0 Å². The maximum atomic E-state index is 13.2. The van der Waals surface area contributed by atoms with Gasteiger partial charge in [0.1, 0.15) is 6.10 Å². The number of esters is 4. The Hall–Kier alpha value is -3.83. The van der Waals surface area contributed by atoms with Crippen LogP contribution < -0.4 is 19.5 Å². The summed E-state index contributed by atoms with van der Waals surface area (Å²) >= 11 is 0. The fourth-order valence-corrected chi connectivity index (χ4v) is 4.70. The van der Waals surface area contributed by atoms with Crippen LogP contribution in [0.3, 0.4) is 0 Å². The van der Waals surface area contributed by atoms with Gasteiger partial charge in [-0.2, -0.15) is 0 Å². The second-order valence-electron chi connectivity index (χ2n) is 8.13. The molecule has 2 aliphatic heterocycles. The number of ether oxygens (including phenoxy) is 6. The van der Waals surface area contributed by atoms with E-state index in [9.17, 15) is 24.0 Å². The Bertz CT molecular complexity index is 1080. The summed E-state index contributed by atoms with van der Waals surface area (Å²) in [5.41, 5.74) is 0.472. The van der Waals surface area contributed by atoms with Crippen LogP contribution in [0.15, 0.2) is 6.07 Å². The Labute approximate surface area is 193 Å². The third-order valence-corrected chi connectivity index (χ3v) is 5.71. The maximum Gasteiger partial charge on any atom is 0.308 e. The summed E-state index contributed by atoms with van der Waals surface area (Å²) in [4.78, 5) is 60.5. The topological polar surface area (TPSA) is 153 Å². The molecular weight excluding hydrogens is 454 g/mol. The molecule has 0 radical (unpaired) electrons. The summed E-state index contributed by atoms with van der Waals surface area (Å²) in [6, 6.07) is 0.744. The van der Waals surface area contributed by atoms with Crippen molar-refractivity contribution < 1.29 is 52.4 Å². The monoisotopic (exact) mass is 477 g/mol. The predicted molar refractivity (Wildman–Crippen MR) is 109 cm³/mol. The summed E-state index contributed by atoms with van der Waals surface area (Å²) < 4.78 is 32.5. The second-order valence-corrected chi connectivity index (χ2v) is 8.13. The molecule has 0 unspecified atom stereocenters. The number of carbonyl (C=O) groups excluding carboxylic acids is 5. The van der Waals surface area contributed by atoms with Crippen LogP contribution >= 0.6 is 0 Å². The van der Waals surface area contributed by atoms with Crippen molar-refractivity contribution in [1.29, 1.82) is 0 Å². The van der Waals surface area contributed by atoms with Crippen molar-refractivity contribution in [3.63, 3.8) is 0 Å². The number of hydrogen-bond donors (Lipinski definition) is 1. The van der Waals surface area contributed by atoms with Crippen LogP contribution in [0.4, 0.5) is 0 Å². The molecule has 0 spiro atoms. The van der Waals surface area contributed by atoms with Crippen molar-refractivity contribution in [2.24, 2.45) is 0 Å². The van der Waals surface area contributed by atoms with Gasteiger partial charge in [-0.15, -0.1) is 0 Å². The lowest BCUT2D eigenvalue weighted by Gasteiger charge is -2.47. The SMILES string of the molecule is CC(=O)Oc1c2c(cc3c1C(=O)N[C@H]1[C@H](OC(C)=O)[C@H](OC(C)=O)[C@@H](OC(C)=O)C[C@@H]31)OCO2. The molecule has 5 atom stereocenters. The largest absolute Gasteiger partial charge is 0.458 e. The van der Waals surface area contributed by atoms with Gasteiger partial charge in [0.15, 0.2) is 23.7 Å². The van der Waals surface area contributed by atoms with Crippen LogP contribution in [-0.2, 0) is 33.4 Å². The van der Waals surface area contributed by atoms with E-state index in [2.05, 4.69) is 5.32 Å². The first kappa shape index (κ1) is 23.3. The van der Waals surface area contributed by atoms with E-state index in [4.69, 9.17) is 28.4 Å². The molecule has 3 aliphatic rings. The third kappa shape index (κ3) is 4.22. The summed E-state index contributed by atoms with van der Waals surface area (Å²) in [5, 5.41) is 2.78. The third-order valence-electron chi connectivity index (χ3n) is 5.71. The molecule has 12 nitrogen and oxygen atoms in total. The number of amides is 1. The highest BCUT2D eigenvalue weighted by Crippen LogP contribution is 2.51. The Kier molecular flexibility index (Phi) is 6.07. The Morgan fingerprint density at radius 3 is 2.18 bits per heavy atom. The predicted octanol–water partition coefficient (Wildman–Crippen LogP) is 0.735. The molecule has 1 aromatic rings. The normalized spacial score (nSPS) is 26.4. The lowest BCUT2D eigenvalue weighted by atomic mass is 9.71. The van der Waals surface area contributed by atoms with Gasteiger partial charge in [-0.3, -0.25) is 24.0 Å². The first-order chi connectivity index (χ1) is 16.1. The maximum absolute atomic E-state index is 13.2. The van der Waals surface area contributed by atoms with Crippen LogP contribution in [0.1, 0.15) is 56.0 Å². The zero-order valence-electron chi connectivity index (χ0n) is 18.9. The molecule has 182 valence electrons. The number of nitrogens with one attached hydrogen (secondary N) is 1. The Morgan fingerprint density at radius 1 is 0.912 bits per heavy atom. The fourth-order valence-electron chi connectivity index (χ4n) is 4.70. The van der Waals surface area contributed by atoms with Gasteiger partial charge in [-0.05, 0) is 18.1 Å². The van der Waals surface area contributed by atoms with Crippen molar-refractivity contribution in [2.45, 2.75) is 64.4 Å². The smallest absolute Gasteiger partial charge is 0.308 e. The van der Waals surface area contributed by atoms with Gasteiger partial charge in [0.25, 0.3) is 5.91 Å². The van der Waals surface area contributed by atoms with Gasteiger partial charge in [0.2, 0.25) is 12.5 Å². The molecule has 1 saturated carbocycles. The number of hydrogen-bond acceptors (Lipinski definition) is 11. The molecule has 1 amide bonds. The Morgan fingerprint density at radius 2 is 1.56 bits per heavy atom. The van der Waals surface area contributed by atoms with Gasteiger partial charge >= 0.3 is 23.9 Å². The van der Waals surface area contributed by atoms with Crippen molar-refractivity contribution in [3.8, 4) is 17.2 Å². The summed E-state index contributed by atoms with van der Waals surface area (Å²) in [6.45, 7) is 4.59. The number of fused-ring (bicyclic) bond motifs is 4. The zero-order chi connectivity index (χ0) is 24.7. The fraction of sp³-hybridized carbons (Fsp3) is 0.500. The molecule has 2 heterocycles. The zero-order valence-corrected chi connectivity index (χ0v) is 18.9. The molecule has 0 saturated heterocycles. The molecule has 0 aromatic heterocycles. The van der Waals surface area contributed by atoms with Crippen molar-refractivity contribution >= 4 is 29.8 Å². The summed E-state index contributed by atoms with van der Waals surface area (Å²) in [6.07, 6.45) is -3.20. The quantitative estimate of drug-likeness (QED) is 0.371. The summed E-state index contributed by atoms with van der Waals surface area (Å²) in [7, 11) is 0. The highest BCUT2D eigenvalue weighted by atomic mass is 16.7. The Balaban J connectivity index is 1.86. The summed E-state index contributed by atoms with van der Waals surface area (Å²) in [5.74, 6) is -3.58. The van der Waals surface area contributed by atoms with E-state index < -0.39 is 60.1 Å². The molecule has 1 aromatic carbocycles. The van der Waals surface area contributed by atoms with E-state index in [0.717, 1.165) is 0 Å². The lowest BCUT2D eigenvalue weighted by molar-refractivity contribution is -0.194. The molecule has 34 heavy (non-hydrogen) atoms. The average molecular weight is 477 g/mol. The minimum absolute atomic E-state index is 0.0507. The van der Waals surface area contributed by atoms with Gasteiger partial charge in [0.05, 0.1) is 11.6 Å². The van der Waals surface area contributed by atoms with Crippen molar-refractivity contribution in [3.05, 3.63) is 17.2 Å². The first-order valence-electron chi connectivity index (χ1n) is 10.5. The molecule has 1 aliphatic carbocycles. The van der Waals surface area contributed by atoms with Crippen LogP contribution in [0.2, 0.25) is 0 Å². The molecule has 12 heteroatoms.